The third kappa shape index (κ3) is 4.71. The number of carbonyl (C=O) groups is 2. The van der Waals surface area contributed by atoms with Crippen LogP contribution in [0, 0.1) is 6.92 Å². The number of carbonyl (C=O) groups excluding carboxylic acids is 1. The average Bonchev–Trinajstić information content (AvgIpc) is 3.03. The van der Waals surface area contributed by atoms with Crippen molar-refractivity contribution in [3.63, 3.8) is 0 Å². The summed E-state index contributed by atoms with van der Waals surface area (Å²) in [6, 6.07) is 3.72. The molecule has 0 aliphatic carbocycles. The zero-order valence-electron chi connectivity index (χ0n) is 11.6. The number of nitrogens with zero attached hydrogens (tertiary/aromatic N) is 1. The second-order valence-corrected chi connectivity index (χ2v) is 5.44. The summed E-state index contributed by atoms with van der Waals surface area (Å²) >= 11 is 1.43. The molecule has 0 spiro atoms. The van der Waals surface area contributed by atoms with E-state index < -0.39 is 5.97 Å². The SMILES string of the molecule is Cc1ccc(-c2nc(CC(=O)NCCCC(=O)O)cs2)o1. The van der Waals surface area contributed by atoms with Gasteiger partial charge in [0.1, 0.15) is 5.76 Å². The highest BCUT2D eigenvalue weighted by Crippen LogP contribution is 2.25. The van der Waals surface area contributed by atoms with E-state index in [4.69, 9.17) is 9.52 Å². The average molecular weight is 308 g/mol. The summed E-state index contributed by atoms with van der Waals surface area (Å²) in [4.78, 5) is 26.4. The van der Waals surface area contributed by atoms with Crippen molar-refractivity contribution in [3.05, 3.63) is 29.0 Å². The minimum Gasteiger partial charge on any atom is -0.481 e. The Labute approximate surface area is 125 Å². The Kier molecular flexibility index (Phi) is 5.10. The van der Waals surface area contributed by atoms with Gasteiger partial charge in [0.05, 0.1) is 12.1 Å². The number of aliphatic carboxylic acids is 1. The van der Waals surface area contributed by atoms with E-state index in [0.29, 0.717) is 24.4 Å². The first kappa shape index (κ1) is 15.2. The van der Waals surface area contributed by atoms with Crippen LogP contribution in [0.2, 0.25) is 0 Å². The zero-order valence-corrected chi connectivity index (χ0v) is 12.4. The third-order valence-electron chi connectivity index (χ3n) is 2.73. The van der Waals surface area contributed by atoms with Crippen molar-refractivity contribution in [2.75, 3.05) is 6.54 Å². The van der Waals surface area contributed by atoms with Gasteiger partial charge in [0, 0.05) is 18.3 Å². The quantitative estimate of drug-likeness (QED) is 0.765. The first-order valence-corrected chi connectivity index (χ1v) is 7.42. The number of carboxylic acids is 1. The predicted octanol–water partition coefficient (Wildman–Crippen LogP) is 2.24. The Morgan fingerprint density at radius 1 is 1.43 bits per heavy atom. The minimum atomic E-state index is -0.859. The van der Waals surface area contributed by atoms with Gasteiger partial charge in [0.25, 0.3) is 0 Å². The molecule has 2 aromatic heterocycles. The van der Waals surface area contributed by atoms with Crippen molar-refractivity contribution in [2.45, 2.75) is 26.2 Å². The van der Waals surface area contributed by atoms with Crippen molar-refractivity contribution in [2.24, 2.45) is 0 Å². The first-order valence-electron chi connectivity index (χ1n) is 6.54. The maximum absolute atomic E-state index is 11.7. The van der Waals surface area contributed by atoms with E-state index in [1.165, 1.54) is 11.3 Å². The fraction of sp³-hybridized carbons (Fsp3) is 0.357. The van der Waals surface area contributed by atoms with Gasteiger partial charge >= 0.3 is 5.97 Å². The summed E-state index contributed by atoms with van der Waals surface area (Å²) in [7, 11) is 0. The normalized spacial score (nSPS) is 10.5. The molecule has 0 aromatic carbocycles. The highest BCUT2D eigenvalue weighted by Gasteiger charge is 2.11. The largest absolute Gasteiger partial charge is 0.481 e. The van der Waals surface area contributed by atoms with Crippen molar-refractivity contribution in [1.29, 1.82) is 0 Å². The van der Waals surface area contributed by atoms with Crippen LogP contribution in [0.5, 0.6) is 0 Å². The van der Waals surface area contributed by atoms with Crippen LogP contribution in [-0.4, -0.2) is 28.5 Å². The standard InChI is InChI=1S/C14H16N2O4S/c1-9-4-5-11(20-9)14-16-10(8-21-14)7-12(17)15-6-2-3-13(18)19/h4-5,8H,2-3,6-7H2,1H3,(H,15,17)(H,18,19). The molecule has 7 heteroatoms. The van der Waals surface area contributed by atoms with Gasteiger partial charge in [-0.05, 0) is 25.5 Å². The van der Waals surface area contributed by atoms with Crippen molar-refractivity contribution in [1.82, 2.24) is 10.3 Å². The van der Waals surface area contributed by atoms with Crippen molar-refractivity contribution >= 4 is 23.2 Å². The molecule has 0 aliphatic heterocycles. The summed E-state index contributed by atoms with van der Waals surface area (Å²) in [5.74, 6) is 0.499. The summed E-state index contributed by atoms with van der Waals surface area (Å²) in [6.07, 6.45) is 0.664. The van der Waals surface area contributed by atoms with Gasteiger partial charge in [-0.2, -0.15) is 0 Å². The number of amides is 1. The zero-order chi connectivity index (χ0) is 15.2. The number of rotatable bonds is 7. The molecule has 2 rings (SSSR count). The van der Waals surface area contributed by atoms with E-state index in [2.05, 4.69) is 10.3 Å². The lowest BCUT2D eigenvalue weighted by Crippen LogP contribution is -2.26. The Bertz CT molecular complexity index is 632. The minimum absolute atomic E-state index is 0.0545. The van der Waals surface area contributed by atoms with Crippen LogP contribution in [-0.2, 0) is 16.0 Å². The number of furan rings is 1. The van der Waals surface area contributed by atoms with Crippen molar-refractivity contribution < 1.29 is 19.1 Å². The number of nitrogens with one attached hydrogen (secondary N) is 1. The molecule has 0 bridgehead atoms. The molecule has 0 saturated carbocycles. The second-order valence-electron chi connectivity index (χ2n) is 4.58. The molecule has 0 fully saturated rings. The molecular weight excluding hydrogens is 292 g/mol. The van der Waals surface area contributed by atoms with Crippen LogP contribution in [0.3, 0.4) is 0 Å². The molecule has 2 heterocycles. The van der Waals surface area contributed by atoms with Gasteiger partial charge in [-0.3, -0.25) is 9.59 Å². The van der Waals surface area contributed by atoms with Gasteiger partial charge in [0.15, 0.2) is 10.8 Å². The van der Waals surface area contributed by atoms with Crippen LogP contribution >= 0.6 is 11.3 Å². The van der Waals surface area contributed by atoms with Crippen LogP contribution < -0.4 is 5.32 Å². The van der Waals surface area contributed by atoms with Gasteiger partial charge in [-0.1, -0.05) is 0 Å². The molecule has 0 atom stereocenters. The lowest BCUT2D eigenvalue weighted by molar-refractivity contribution is -0.137. The van der Waals surface area contributed by atoms with Gasteiger partial charge < -0.3 is 14.8 Å². The third-order valence-corrected chi connectivity index (χ3v) is 3.64. The molecule has 2 N–H and O–H groups in total. The fourth-order valence-corrected chi connectivity index (χ4v) is 2.52. The Morgan fingerprint density at radius 3 is 2.90 bits per heavy atom. The number of hydrogen-bond donors (Lipinski definition) is 2. The number of thiazole rings is 1. The smallest absolute Gasteiger partial charge is 0.303 e. The lowest BCUT2D eigenvalue weighted by Gasteiger charge is -2.02. The molecular formula is C14H16N2O4S. The highest BCUT2D eigenvalue weighted by atomic mass is 32.1. The topological polar surface area (TPSA) is 92.4 Å². The molecule has 1 amide bonds. The van der Waals surface area contributed by atoms with E-state index in [-0.39, 0.29) is 18.7 Å². The summed E-state index contributed by atoms with van der Waals surface area (Å²) < 4.78 is 5.48. The summed E-state index contributed by atoms with van der Waals surface area (Å²) in [6.45, 7) is 2.22. The van der Waals surface area contributed by atoms with Crippen LogP contribution in [0.25, 0.3) is 10.8 Å². The van der Waals surface area contributed by atoms with E-state index in [1.54, 1.807) is 0 Å². The molecule has 0 saturated heterocycles. The monoisotopic (exact) mass is 308 g/mol. The number of carboxylic acid groups (broad SMARTS) is 1. The highest BCUT2D eigenvalue weighted by molar-refractivity contribution is 7.13. The van der Waals surface area contributed by atoms with Crippen LogP contribution in [0.15, 0.2) is 21.9 Å². The Balaban J connectivity index is 1.82. The van der Waals surface area contributed by atoms with E-state index in [0.717, 1.165) is 10.8 Å². The molecule has 0 radical (unpaired) electrons. The molecule has 0 aliphatic rings. The molecule has 0 unspecified atom stereocenters. The maximum Gasteiger partial charge on any atom is 0.303 e. The number of hydrogen-bond acceptors (Lipinski definition) is 5. The van der Waals surface area contributed by atoms with E-state index >= 15 is 0 Å². The molecule has 112 valence electrons. The number of aryl methyl sites for hydroxylation is 1. The molecule has 6 nitrogen and oxygen atoms in total. The molecule has 21 heavy (non-hydrogen) atoms. The van der Waals surface area contributed by atoms with Gasteiger partial charge in [0.2, 0.25) is 5.91 Å². The number of aromatic nitrogens is 1. The van der Waals surface area contributed by atoms with Gasteiger partial charge in [-0.25, -0.2) is 4.98 Å². The predicted molar refractivity (Wildman–Crippen MR) is 78.1 cm³/mol. The van der Waals surface area contributed by atoms with Crippen LogP contribution in [0.4, 0.5) is 0 Å². The summed E-state index contributed by atoms with van der Waals surface area (Å²) in [5, 5.41) is 13.7. The van der Waals surface area contributed by atoms with Crippen LogP contribution in [0.1, 0.15) is 24.3 Å². The lowest BCUT2D eigenvalue weighted by atomic mass is 10.3. The first-order chi connectivity index (χ1) is 10.0. The Morgan fingerprint density at radius 2 is 2.24 bits per heavy atom. The summed E-state index contributed by atoms with van der Waals surface area (Å²) in [5.41, 5.74) is 0.680. The van der Waals surface area contributed by atoms with Crippen molar-refractivity contribution in [3.8, 4) is 10.8 Å². The van der Waals surface area contributed by atoms with Gasteiger partial charge in [-0.15, -0.1) is 11.3 Å². The maximum atomic E-state index is 11.7. The fourth-order valence-electron chi connectivity index (χ4n) is 1.75. The molecule has 2 aromatic rings. The second kappa shape index (κ2) is 7.03. The van der Waals surface area contributed by atoms with E-state index in [1.807, 2.05) is 24.4 Å². The Hall–Kier alpha value is -2.15. The van der Waals surface area contributed by atoms with E-state index in [9.17, 15) is 9.59 Å².